The van der Waals surface area contributed by atoms with Crippen molar-refractivity contribution in [3.05, 3.63) is 52.9 Å². The molecule has 21 heavy (non-hydrogen) atoms. The first-order chi connectivity index (χ1) is 10.1. The van der Waals surface area contributed by atoms with E-state index in [-0.39, 0.29) is 24.3 Å². The Morgan fingerprint density at radius 2 is 2.29 bits per heavy atom. The van der Waals surface area contributed by atoms with Gasteiger partial charge in [0.1, 0.15) is 6.61 Å². The van der Waals surface area contributed by atoms with Gasteiger partial charge in [-0.25, -0.2) is 0 Å². The molecule has 1 unspecified atom stereocenters. The lowest BCUT2D eigenvalue weighted by Crippen LogP contribution is -2.26. The predicted molar refractivity (Wildman–Crippen MR) is 77.5 cm³/mol. The van der Waals surface area contributed by atoms with Crippen LogP contribution in [0.3, 0.4) is 0 Å². The number of carbonyl (C=O) groups is 1. The van der Waals surface area contributed by atoms with Crippen LogP contribution in [0.25, 0.3) is 0 Å². The molecule has 1 aromatic carbocycles. The summed E-state index contributed by atoms with van der Waals surface area (Å²) in [7, 11) is 0. The molecule has 108 valence electrons. The average Bonchev–Trinajstić information content (AvgIpc) is 2.92. The fourth-order valence-corrected chi connectivity index (χ4v) is 1.85. The molecule has 0 aliphatic rings. The molecular weight excluding hydrogens is 268 g/mol. The number of hydrogen-bond acceptors (Lipinski definition) is 4. The van der Waals surface area contributed by atoms with Crippen LogP contribution in [0.2, 0.25) is 0 Å². The van der Waals surface area contributed by atoms with Gasteiger partial charge in [-0.3, -0.25) is 4.79 Å². The molecule has 0 saturated heterocycles. The van der Waals surface area contributed by atoms with E-state index in [0.29, 0.717) is 5.69 Å². The molecule has 0 fully saturated rings. The van der Waals surface area contributed by atoms with Crippen LogP contribution < -0.4 is 5.32 Å². The number of aromatic nitrogens is 1. The third-order valence-corrected chi connectivity index (χ3v) is 2.90. The SMILES string of the molecule is Cc1cc(C(=O)NC(C)c2cccc(C#CCO)c2)on1. The van der Waals surface area contributed by atoms with Crippen molar-refractivity contribution in [3.63, 3.8) is 0 Å². The first-order valence-corrected chi connectivity index (χ1v) is 6.54. The zero-order chi connectivity index (χ0) is 15.2. The predicted octanol–water partition coefficient (Wildman–Crippen LogP) is 1.82. The summed E-state index contributed by atoms with van der Waals surface area (Å²) in [6.07, 6.45) is 0. The van der Waals surface area contributed by atoms with E-state index in [1.54, 1.807) is 13.0 Å². The van der Waals surface area contributed by atoms with E-state index in [1.807, 2.05) is 31.2 Å². The van der Waals surface area contributed by atoms with Crippen molar-refractivity contribution in [2.45, 2.75) is 19.9 Å². The molecule has 1 aromatic heterocycles. The quantitative estimate of drug-likeness (QED) is 0.843. The molecule has 0 aliphatic heterocycles. The Kier molecular flexibility index (Phi) is 4.75. The number of nitrogens with zero attached hydrogens (tertiary/aromatic N) is 1. The maximum absolute atomic E-state index is 12.0. The Morgan fingerprint density at radius 1 is 1.48 bits per heavy atom. The maximum Gasteiger partial charge on any atom is 0.290 e. The van der Waals surface area contributed by atoms with Crippen molar-refractivity contribution < 1.29 is 14.4 Å². The van der Waals surface area contributed by atoms with E-state index in [0.717, 1.165) is 11.1 Å². The zero-order valence-electron chi connectivity index (χ0n) is 11.9. The van der Waals surface area contributed by atoms with Crippen LogP contribution in [-0.2, 0) is 0 Å². The third-order valence-electron chi connectivity index (χ3n) is 2.90. The second-order valence-corrected chi connectivity index (χ2v) is 4.61. The first-order valence-electron chi connectivity index (χ1n) is 6.54. The average molecular weight is 284 g/mol. The van der Waals surface area contributed by atoms with Crippen molar-refractivity contribution in [1.29, 1.82) is 0 Å². The summed E-state index contributed by atoms with van der Waals surface area (Å²) in [6, 6.07) is 8.88. The molecule has 2 aromatic rings. The monoisotopic (exact) mass is 284 g/mol. The minimum atomic E-state index is -0.310. The van der Waals surface area contributed by atoms with Crippen molar-refractivity contribution in [3.8, 4) is 11.8 Å². The number of carbonyl (C=O) groups excluding carboxylic acids is 1. The lowest BCUT2D eigenvalue weighted by atomic mass is 10.1. The van der Waals surface area contributed by atoms with E-state index in [1.165, 1.54) is 0 Å². The number of nitrogens with one attached hydrogen (secondary N) is 1. The van der Waals surface area contributed by atoms with Crippen molar-refractivity contribution in [2.24, 2.45) is 0 Å². The topological polar surface area (TPSA) is 75.4 Å². The number of benzene rings is 1. The summed E-state index contributed by atoms with van der Waals surface area (Å²) in [4.78, 5) is 12.0. The second kappa shape index (κ2) is 6.73. The summed E-state index contributed by atoms with van der Waals surface area (Å²) in [5.74, 6) is 5.31. The Hall–Kier alpha value is -2.58. The Morgan fingerprint density at radius 3 is 2.95 bits per heavy atom. The first kappa shape index (κ1) is 14.8. The van der Waals surface area contributed by atoms with E-state index in [4.69, 9.17) is 9.63 Å². The molecule has 1 heterocycles. The number of hydrogen-bond donors (Lipinski definition) is 2. The van der Waals surface area contributed by atoms with Crippen LogP contribution in [0, 0.1) is 18.8 Å². The highest BCUT2D eigenvalue weighted by Gasteiger charge is 2.15. The summed E-state index contributed by atoms with van der Waals surface area (Å²) < 4.78 is 4.93. The van der Waals surface area contributed by atoms with E-state index >= 15 is 0 Å². The van der Waals surface area contributed by atoms with Gasteiger partial charge in [0.15, 0.2) is 0 Å². The molecule has 0 spiro atoms. The molecule has 0 bridgehead atoms. The van der Waals surface area contributed by atoms with Gasteiger partial charge in [0.25, 0.3) is 5.91 Å². The molecular formula is C16H16N2O3. The molecule has 0 radical (unpaired) electrons. The minimum absolute atomic E-state index is 0.179. The summed E-state index contributed by atoms with van der Waals surface area (Å²) in [6.45, 7) is 3.45. The van der Waals surface area contributed by atoms with Gasteiger partial charge in [-0.05, 0) is 31.5 Å². The van der Waals surface area contributed by atoms with Gasteiger partial charge in [0.2, 0.25) is 5.76 Å². The minimum Gasteiger partial charge on any atom is -0.384 e. The third kappa shape index (κ3) is 3.94. The molecule has 1 amide bonds. The largest absolute Gasteiger partial charge is 0.384 e. The highest BCUT2D eigenvalue weighted by atomic mass is 16.5. The van der Waals surface area contributed by atoms with Gasteiger partial charge in [-0.1, -0.05) is 29.1 Å². The molecule has 2 rings (SSSR count). The molecule has 0 aliphatic carbocycles. The number of aliphatic hydroxyl groups excluding tert-OH is 1. The fraction of sp³-hybridized carbons (Fsp3) is 0.250. The molecule has 5 nitrogen and oxygen atoms in total. The molecule has 2 N–H and O–H groups in total. The van der Waals surface area contributed by atoms with Crippen LogP contribution in [0.5, 0.6) is 0 Å². The maximum atomic E-state index is 12.0. The Balaban J connectivity index is 2.09. The smallest absolute Gasteiger partial charge is 0.290 e. The van der Waals surface area contributed by atoms with Gasteiger partial charge < -0.3 is 14.9 Å². The number of rotatable bonds is 3. The van der Waals surface area contributed by atoms with Gasteiger partial charge in [0.05, 0.1) is 11.7 Å². The summed E-state index contributed by atoms with van der Waals surface area (Å²) in [5, 5.41) is 15.2. The fourth-order valence-electron chi connectivity index (χ4n) is 1.85. The normalized spacial score (nSPS) is 11.4. The van der Waals surface area contributed by atoms with E-state index < -0.39 is 0 Å². The van der Waals surface area contributed by atoms with Crippen molar-refractivity contribution in [2.75, 3.05) is 6.61 Å². The number of aryl methyl sites for hydroxylation is 1. The Bertz CT molecular complexity index is 695. The van der Waals surface area contributed by atoms with Crippen LogP contribution in [0.4, 0.5) is 0 Å². The second-order valence-electron chi connectivity index (χ2n) is 4.61. The number of aliphatic hydroxyl groups is 1. The summed E-state index contributed by atoms with van der Waals surface area (Å²) in [5.41, 5.74) is 2.37. The summed E-state index contributed by atoms with van der Waals surface area (Å²) >= 11 is 0. The lowest BCUT2D eigenvalue weighted by Gasteiger charge is -2.13. The van der Waals surface area contributed by atoms with Gasteiger partial charge in [0, 0.05) is 11.6 Å². The van der Waals surface area contributed by atoms with Gasteiger partial charge >= 0.3 is 0 Å². The highest BCUT2D eigenvalue weighted by Crippen LogP contribution is 2.15. The number of amides is 1. The van der Waals surface area contributed by atoms with Gasteiger partial charge in [-0.15, -0.1) is 0 Å². The van der Waals surface area contributed by atoms with Crippen LogP contribution in [-0.4, -0.2) is 22.8 Å². The highest BCUT2D eigenvalue weighted by molar-refractivity contribution is 5.91. The van der Waals surface area contributed by atoms with E-state index in [2.05, 4.69) is 22.3 Å². The van der Waals surface area contributed by atoms with Crippen LogP contribution in [0.1, 0.15) is 40.3 Å². The molecule has 0 saturated carbocycles. The molecule has 5 heteroatoms. The van der Waals surface area contributed by atoms with Crippen molar-refractivity contribution >= 4 is 5.91 Å². The van der Waals surface area contributed by atoms with Crippen LogP contribution >= 0.6 is 0 Å². The lowest BCUT2D eigenvalue weighted by molar-refractivity contribution is 0.0902. The molecule has 1 atom stereocenters. The Labute approximate surface area is 123 Å². The van der Waals surface area contributed by atoms with E-state index in [9.17, 15) is 4.79 Å². The van der Waals surface area contributed by atoms with Gasteiger partial charge in [-0.2, -0.15) is 0 Å². The van der Waals surface area contributed by atoms with Crippen LogP contribution in [0.15, 0.2) is 34.9 Å². The van der Waals surface area contributed by atoms with Crippen molar-refractivity contribution in [1.82, 2.24) is 10.5 Å². The zero-order valence-corrected chi connectivity index (χ0v) is 11.9. The standard InChI is InChI=1S/C16H16N2O3/c1-11-9-15(21-18-11)16(20)17-12(2)14-7-3-5-13(10-14)6-4-8-19/h3,5,7,9-10,12,19H,8H2,1-2H3,(H,17,20).